The van der Waals surface area contributed by atoms with Gasteiger partial charge in [0.1, 0.15) is 6.04 Å². The molecule has 0 unspecified atom stereocenters. The maximum absolute atomic E-state index is 10.7. The van der Waals surface area contributed by atoms with E-state index in [4.69, 9.17) is 5.11 Å². The predicted molar refractivity (Wildman–Crippen MR) is 36.5 cm³/mol. The summed E-state index contributed by atoms with van der Waals surface area (Å²) >= 11 is 0. The molecule has 0 aliphatic heterocycles. The van der Waals surface area contributed by atoms with E-state index in [9.17, 15) is 4.79 Å². The number of methoxy groups -OCH3 is 1. The molecule has 0 heterocycles. The maximum Gasteiger partial charge on any atom is 0.325 e. The number of likely N-dealkylation sites (N-methyl/N-ethyl adjacent to an activating group) is 1. The second kappa shape index (κ2) is 4.24. The smallest absolute Gasteiger partial charge is 0.325 e. The standard InChI is InChI=1S/C6H13NO3/c1-4(8)5(7-2)6(9)10-3/h4-5,7-8H,1-3H3/t4-,5+/m1/s1. The molecule has 0 aliphatic rings. The number of nitrogens with one attached hydrogen (secondary N) is 1. The fourth-order valence-electron chi connectivity index (χ4n) is 0.683. The first kappa shape index (κ1) is 9.39. The van der Waals surface area contributed by atoms with E-state index in [0.29, 0.717) is 0 Å². The average Bonchev–Trinajstić information content (AvgIpc) is 1.88. The van der Waals surface area contributed by atoms with Crippen LogP contribution in [-0.4, -0.2) is 37.4 Å². The van der Waals surface area contributed by atoms with Gasteiger partial charge in [-0.3, -0.25) is 4.79 Å². The summed E-state index contributed by atoms with van der Waals surface area (Å²) in [5.74, 6) is -0.447. The quantitative estimate of drug-likeness (QED) is 0.509. The van der Waals surface area contributed by atoms with Crippen LogP contribution in [0.5, 0.6) is 0 Å². The van der Waals surface area contributed by atoms with E-state index in [1.54, 1.807) is 7.05 Å². The molecule has 0 saturated carbocycles. The summed E-state index contributed by atoms with van der Waals surface area (Å²) in [4.78, 5) is 10.7. The van der Waals surface area contributed by atoms with Gasteiger partial charge in [0.25, 0.3) is 0 Å². The van der Waals surface area contributed by atoms with Gasteiger partial charge in [-0.15, -0.1) is 0 Å². The molecule has 0 aliphatic carbocycles. The summed E-state index contributed by atoms with van der Waals surface area (Å²) < 4.78 is 4.40. The van der Waals surface area contributed by atoms with Gasteiger partial charge in [-0.2, -0.15) is 0 Å². The molecule has 0 radical (unpaired) electrons. The summed E-state index contributed by atoms with van der Waals surface area (Å²) in [6.07, 6.45) is -0.725. The van der Waals surface area contributed by atoms with Gasteiger partial charge in [0.05, 0.1) is 13.2 Å². The molecule has 0 rings (SSSR count). The molecule has 10 heavy (non-hydrogen) atoms. The van der Waals surface area contributed by atoms with Crippen LogP contribution in [0.25, 0.3) is 0 Å². The van der Waals surface area contributed by atoms with E-state index < -0.39 is 18.1 Å². The highest BCUT2D eigenvalue weighted by atomic mass is 16.5. The van der Waals surface area contributed by atoms with E-state index in [1.807, 2.05) is 0 Å². The van der Waals surface area contributed by atoms with E-state index in [2.05, 4.69) is 10.1 Å². The molecule has 0 aromatic carbocycles. The summed E-state index contributed by atoms with van der Waals surface area (Å²) in [6, 6.07) is -0.620. The molecule has 2 N–H and O–H groups in total. The number of aliphatic hydroxyl groups excluding tert-OH is 1. The van der Waals surface area contributed by atoms with Crippen LogP contribution in [0.4, 0.5) is 0 Å². The van der Waals surface area contributed by atoms with Crippen molar-refractivity contribution in [2.24, 2.45) is 0 Å². The zero-order valence-electron chi connectivity index (χ0n) is 6.42. The van der Waals surface area contributed by atoms with Crippen LogP contribution in [0.2, 0.25) is 0 Å². The van der Waals surface area contributed by atoms with Crippen LogP contribution >= 0.6 is 0 Å². The van der Waals surface area contributed by atoms with Crippen molar-refractivity contribution in [1.29, 1.82) is 0 Å². The first-order valence-corrected chi connectivity index (χ1v) is 3.06. The van der Waals surface area contributed by atoms with Crippen LogP contribution in [0.15, 0.2) is 0 Å². The Morgan fingerprint density at radius 2 is 2.20 bits per heavy atom. The lowest BCUT2D eigenvalue weighted by molar-refractivity contribution is -0.145. The number of carbonyl (C=O) groups excluding carboxylic acids is 1. The third kappa shape index (κ3) is 2.33. The number of rotatable bonds is 3. The highest BCUT2D eigenvalue weighted by Crippen LogP contribution is 1.93. The number of hydrogen-bond donors (Lipinski definition) is 2. The Morgan fingerprint density at radius 1 is 1.70 bits per heavy atom. The Morgan fingerprint density at radius 3 is 2.30 bits per heavy atom. The lowest BCUT2D eigenvalue weighted by atomic mass is 10.2. The van der Waals surface area contributed by atoms with Crippen LogP contribution < -0.4 is 5.32 Å². The Bertz CT molecular complexity index is 114. The SMILES string of the molecule is CN[C@H](C(=O)OC)[C@@H](C)O. The van der Waals surface area contributed by atoms with E-state index in [0.717, 1.165) is 0 Å². The fraction of sp³-hybridized carbons (Fsp3) is 0.833. The van der Waals surface area contributed by atoms with Crippen LogP contribution in [0, 0.1) is 0 Å². The van der Waals surface area contributed by atoms with Crippen molar-refractivity contribution in [2.45, 2.75) is 19.1 Å². The van der Waals surface area contributed by atoms with Crippen molar-refractivity contribution in [3.05, 3.63) is 0 Å². The highest BCUT2D eigenvalue weighted by molar-refractivity contribution is 5.76. The minimum atomic E-state index is -0.725. The molecule has 4 heteroatoms. The van der Waals surface area contributed by atoms with Crippen molar-refractivity contribution >= 4 is 5.97 Å². The normalized spacial score (nSPS) is 16.0. The van der Waals surface area contributed by atoms with Gasteiger partial charge in [0, 0.05) is 0 Å². The van der Waals surface area contributed by atoms with Crippen molar-refractivity contribution in [2.75, 3.05) is 14.2 Å². The summed E-state index contributed by atoms with van der Waals surface area (Å²) in [5.41, 5.74) is 0. The maximum atomic E-state index is 10.7. The Hall–Kier alpha value is -0.610. The van der Waals surface area contributed by atoms with E-state index >= 15 is 0 Å². The number of hydrogen-bond acceptors (Lipinski definition) is 4. The van der Waals surface area contributed by atoms with E-state index in [1.165, 1.54) is 14.0 Å². The molecule has 0 aromatic heterocycles. The molecule has 0 spiro atoms. The van der Waals surface area contributed by atoms with Crippen molar-refractivity contribution < 1.29 is 14.6 Å². The van der Waals surface area contributed by atoms with Gasteiger partial charge >= 0.3 is 5.97 Å². The Balaban J connectivity index is 3.93. The van der Waals surface area contributed by atoms with Gasteiger partial charge < -0.3 is 15.2 Å². The number of aliphatic hydroxyl groups is 1. The van der Waals surface area contributed by atoms with Gasteiger partial charge in [0.2, 0.25) is 0 Å². The number of esters is 1. The summed E-state index contributed by atoms with van der Waals surface area (Å²) in [6.45, 7) is 1.53. The molecule has 0 fully saturated rings. The third-order valence-corrected chi connectivity index (χ3v) is 1.25. The molecule has 60 valence electrons. The van der Waals surface area contributed by atoms with E-state index in [-0.39, 0.29) is 0 Å². The molecule has 0 amide bonds. The second-order valence-electron chi connectivity index (χ2n) is 2.03. The summed E-state index contributed by atoms with van der Waals surface area (Å²) in [7, 11) is 2.88. The van der Waals surface area contributed by atoms with Gasteiger partial charge in [-0.1, -0.05) is 0 Å². The predicted octanol–water partition coefficient (Wildman–Crippen LogP) is -0.872. The lowest BCUT2D eigenvalue weighted by Gasteiger charge is -2.15. The number of ether oxygens (including phenoxy) is 1. The van der Waals surface area contributed by atoms with Crippen molar-refractivity contribution in [1.82, 2.24) is 5.32 Å². The van der Waals surface area contributed by atoms with Crippen molar-refractivity contribution in [3.8, 4) is 0 Å². The molecule has 2 atom stereocenters. The Labute approximate surface area is 60.2 Å². The van der Waals surface area contributed by atoms with Gasteiger partial charge in [0.15, 0.2) is 0 Å². The highest BCUT2D eigenvalue weighted by Gasteiger charge is 2.21. The van der Waals surface area contributed by atoms with Crippen molar-refractivity contribution in [3.63, 3.8) is 0 Å². The first-order chi connectivity index (χ1) is 4.63. The lowest BCUT2D eigenvalue weighted by Crippen LogP contribution is -2.43. The molecule has 0 bridgehead atoms. The first-order valence-electron chi connectivity index (χ1n) is 3.06. The topological polar surface area (TPSA) is 58.6 Å². The minimum Gasteiger partial charge on any atom is -0.468 e. The second-order valence-corrected chi connectivity index (χ2v) is 2.03. The zero-order valence-corrected chi connectivity index (χ0v) is 6.42. The minimum absolute atomic E-state index is 0.447. The largest absolute Gasteiger partial charge is 0.468 e. The fourth-order valence-corrected chi connectivity index (χ4v) is 0.683. The average molecular weight is 147 g/mol. The third-order valence-electron chi connectivity index (χ3n) is 1.25. The monoisotopic (exact) mass is 147 g/mol. The molecule has 0 aromatic rings. The number of carbonyl (C=O) groups is 1. The van der Waals surface area contributed by atoms with Gasteiger partial charge in [-0.05, 0) is 14.0 Å². The van der Waals surface area contributed by atoms with Crippen LogP contribution in [0.1, 0.15) is 6.92 Å². The summed E-state index contributed by atoms with van der Waals surface area (Å²) in [5, 5.41) is 11.6. The van der Waals surface area contributed by atoms with Gasteiger partial charge in [-0.25, -0.2) is 0 Å². The van der Waals surface area contributed by atoms with Crippen LogP contribution in [0.3, 0.4) is 0 Å². The molecular formula is C6H13NO3. The van der Waals surface area contributed by atoms with Crippen LogP contribution in [-0.2, 0) is 9.53 Å². The molecule has 0 saturated heterocycles. The zero-order chi connectivity index (χ0) is 8.15. The molecule has 4 nitrogen and oxygen atoms in total. The Kier molecular flexibility index (Phi) is 3.99. The molecular weight excluding hydrogens is 134 g/mol.